The van der Waals surface area contributed by atoms with E-state index in [-0.39, 0.29) is 5.56 Å². The lowest BCUT2D eigenvalue weighted by Gasteiger charge is -2.10. The van der Waals surface area contributed by atoms with Gasteiger partial charge in [-0.05, 0) is 40.8 Å². The van der Waals surface area contributed by atoms with E-state index in [2.05, 4.69) is 13.8 Å². The first-order valence-electron chi connectivity index (χ1n) is 6.54. The Labute approximate surface area is 118 Å². The van der Waals surface area contributed by atoms with E-state index in [1.165, 1.54) is 12.7 Å². The summed E-state index contributed by atoms with van der Waals surface area (Å²) in [7, 11) is 1.53. The fraction of sp³-hybridized carbons (Fsp3) is 0.235. The third-order valence-electron chi connectivity index (χ3n) is 3.35. The molecule has 0 heterocycles. The molecule has 0 fully saturated rings. The Bertz CT molecular complexity index is 613. The Hall–Kier alpha value is -2.29. The molecule has 0 amide bonds. The van der Waals surface area contributed by atoms with Gasteiger partial charge in [0.05, 0.1) is 12.7 Å². The number of ether oxygens (including phenoxy) is 1. The number of benzene rings is 2. The molecule has 0 spiro atoms. The fourth-order valence-electron chi connectivity index (χ4n) is 2.13. The van der Waals surface area contributed by atoms with Crippen LogP contribution in [0, 0.1) is 0 Å². The highest BCUT2D eigenvalue weighted by Gasteiger charge is 2.13. The minimum atomic E-state index is -0.952. The Morgan fingerprint density at radius 1 is 1.10 bits per heavy atom. The van der Waals surface area contributed by atoms with Gasteiger partial charge in [-0.1, -0.05) is 38.1 Å². The summed E-state index contributed by atoms with van der Waals surface area (Å²) in [4.78, 5) is 11.4. The first-order chi connectivity index (χ1) is 9.52. The lowest BCUT2D eigenvalue weighted by atomic mass is 9.96. The minimum absolute atomic E-state index is 0.252. The van der Waals surface area contributed by atoms with Gasteiger partial charge in [-0.3, -0.25) is 0 Å². The van der Waals surface area contributed by atoms with Gasteiger partial charge in [0, 0.05) is 0 Å². The summed E-state index contributed by atoms with van der Waals surface area (Å²) in [6.07, 6.45) is 0. The molecule has 0 unspecified atom stereocenters. The highest BCUT2D eigenvalue weighted by atomic mass is 16.5. The first-order valence-corrected chi connectivity index (χ1v) is 6.54. The zero-order valence-corrected chi connectivity index (χ0v) is 11.9. The van der Waals surface area contributed by atoms with Crippen LogP contribution in [0.4, 0.5) is 0 Å². The van der Waals surface area contributed by atoms with E-state index in [0.29, 0.717) is 17.2 Å². The van der Waals surface area contributed by atoms with E-state index in [0.717, 1.165) is 5.56 Å². The molecule has 1 N–H and O–H groups in total. The fourth-order valence-corrected chi connectivity index (χ4v) is 2.13. The van der Waals surface area contributed by atoms with Crippen LogP contribution >= 0.6 is 0 Å². The van der Waals surface area contributed by atoms with Crippen LogP contribution in [-0.2, 0) is 0 Å². The molecule has 0 saturated carbocycles. The topological polar surface area (TPSA) is 46.5 Å². The number of aromatic carboxylic acids is 1. The third-order valence-corrected chi connectivity index (χ3v) is 3.35. The van der Waals surface area contributed by atoms with Gasteiger partial charge in [0.25, 0.3) is 0 Å². The summed E-state index contributed by atoms with van der Waals surface area (Å²) in [5, 5.41) is 9.33. The normalized spacial score (nSPS) is 10.6. The van der Waals surface area contributed by atoms with Gasteiger partial charge < -0.3 is 9.84 Å². The van der Waals surface area contributed by atoms with Crippen molar-refractivity contribution in [2.24, 2.45) is 0 Å². The van der Waals surface area contributed by atoms with Gasteiger partial charge in [-0.2, -0.15) is 0 Å². The van der Waals surface area contributed by atoms with Crippen LogP contribution in [0.5, 0.6) is 5.75 Å². The molecular weight excluding hydrogens is 252 g/mol. The molecule has 3 nitrogen and oxygen atoms in total. The lowest BCUT2D eigenvalue weighted by Crippen LogP contribution is -2.00. The smallest absolute Gasteiger partial charge is 0.336 e. The Balaban J connectivity index is 2.48. The highest BCUT2D eigenvalue weighted by Crippen LogP contribution is 2.28. The van der Waals surface area contributed by atoms with Gasteiger partial charge in [-0.15, -0.1) is 0 Å². The second kappa shape index (κ2) is 5.78. The number of carbonyl (C=O) groups is 1. The maximum absolute atomic E-state index is 11.4. The van der Waals surface area contributed by atoms with Crippen molar-refractivity contribution < 1.29 is 14.6 Å². The Kier molecular flexibility index (Phi) is 4.08. The molecule has 2 aromatic rings. The zero-order valence-electron chi connectivity index (χ0n) is 11.9. The molecule has 3 heteroatoms. The summed E-state index contributed by atoms with van der Waals surface area (Å²) in [6.45, 7) is 4.26. The molecule has 0 aromatic heterocycles. The van der Waals surface area contributed by atoms with Crippen molar-refractivity contribution in [3.63, 3.8) is 0 Å². The number of hydrogen-bond acceptors (Lipinski definition) is 2. The van der Waals surface area contributed by atoms with Crippen LogP contribution in [0.15, 0.2) is 42.5 Å². The Morgan fingerprint density at radius 3 is 2.25 bits per heavy atom. The van der Waals surface area contributed by atoms with E-state index >= 15 is 0 Å². The predicted molar refractivity (Wildman–Crippen MR) is 79.5 cm³/mol. The first kappa shape index (κ1) is 14.1. The molecule has 20 heavy (non-hydrogen) atoms. The van der Waals surface area contributed by atoms with Gasteiger partial charge in [0.15, 0.2) is 0 Å². The summed E-state index contributed by atoms with van der Waals surface area (Å²) < 4.78 is 5.08. The number of rotatable bonds is 4. The number of methoxy groups -OCH3 is 1. The molecule has 0 radical (unpaired) electrons. The molecule has 2 aromatic carbocycles. The largest absolute Gasteiger partial charge is 0.497 e. The summed E-state index contributed by atoms with van der Waals surface area (Å²) in [5.41, 5.74) is 3.09. The van der Waals surface area contributed by atoms with Crippen LogP contribution in [0.1, 0.15) is 35.7 Å². The van der Waals surface area contributed by atoms with Crippen molar-refractivity contribution in [2.75, 3.05) is 7.11 Å². The molecule has 0 atom stereocenters. The van der Waals surface area contributed by atoms with Gasteiger partial charge in [0.1, 0.15) is 5.75 Å². The number of carboxylic acid groups (broad SMARTS) is 1. The summed E-state index contributed by atoms with van der Waals surface area (Å²) in [5.74, 6) is 0.0515. The van der Waals surface area contributed by atoms with Crippen molar-refractivity contribution in [2.45, 2.75) is 19.8 Å². The van der Waals surface area contributed by atoms with E-state index in [1.807, 2.05) is 24.3 Å². The van der Waals surface area contributed by atoms with Gasteiger partial charge in [0.2, 0.25) is 0 Å². The molecule has 104 valence electrons. The van der Waals surface area contributed by atoms with Gasteiger partial charge in [-0.25, -0.2) is 4.79 Å². The summed E-state index contributed by atoms with van der Waals surface area (Å²) in [6, 6.07) is 13.1. The van der Waals surface area contributed by atoms with Crippen LogP contribution in [0.3, 0.4) is 0 Å². The van der Waals surface area contributed by atoms with E-state index in [4.69, 9.17) is 4.74 Å². The van der Waals surface area contributed by atoms with E-state index < -0.39 is 5.97 Å². The molecular formula is C17H18O3. The van der Waals surface area contributed by atoms with E-state index in [9.17, 15) is 9.90 Å². The Morgan fingerprint density at radius 2 is 1.75 bits per heavy atom. The molecule has 2 rings (SSSR count). The summed E-state index contributed by atoms with van der Waals surface area (Å²) >= 11 is 0. The van der Waals surface area contributed by atoms with Crippen molar-refractivity contribution >= 4 is 5.97 Å². The van der Waals surface area contributed by atoms with Crippen LogP contribution in [0.2, 0.25) is 0 Å². The number of hydrogen-bond donors (Lipinski definition) is 1. The molecule has 0 aliphatic heterocycles. The average molecular weight is 270 g/mol. The van der Waals surface area contributed by atoms with Crippen molar-refractivity contribution in [3.8, 4) is 16.9 Å². The van der Waals surface area contributed by atoms with E-state index in [1.54, 1.807) is 18.2 Å². The second-order valence-electron chi connectivity index (χ2n) is 4.99. The van der Waals surface area contributed by atoms with Crippen LogP contribution < -0.4 is 4.74 Å². The van der Waals surface area contributed by atoms with Crippen molar-refractivity contribution in [1.29, 1.82) is 0 Å². The third kappa shape index (κ3) is 2.82. The zero-order chi connectivity index (χ0) is 14.7. The highest BCUT2D eigenvalue weighted by molar-refractivity contribution is 5.96. The molecule has 0 aliphatic rings. The SMILES string of the molecule is COc1ccc(-c2ccc(C(C)C)cc2)c(C(=O)O)c1. The molecule has 0 aliphatic carbocycles. The van der Waals surface area contributed by atoms with Crippen LogP contribution in [-0.4, -0.2) is 18.2 Å². The lowest BCUT2D eigenvalue weighted by molar-refractivity contribution is 0.0697. The average Bonchev–Trinajstić information content (AvgIpc) is 2.46. The van der Waals surface area contributed by atoms with Crippen molar-refractivity contribution in [3.05, 3.63) is 53.6 Å². The molecule has 0 saturated heterocycles. The maximum Gasteiger partial charge on any atom is 0.336 e. The van der Waals surface area contributed by atoms with Gasteiger partial charge >= 0.3 is 5.97 Å². The standard InChI is InChI=1S/C17H18O3/c1-11(2)12-4-6-13(7-5-12)15-9-8-14(20-3)10-16(15)17(18)19/h4-11H,1-3H3,(H,18,19). The second-order valence-corrected chi connectivity index (χ2v) is 4.99. The maximum atomic E-state index is 11.4. The molecule has 0 bridgehead atoms. The number of carboxylic acids is 1. The minimum Gasteiger partial charge on any atom is -0.497 e. The monoisotopic (exact) mass is 270 g/mol. The van der Waals surface area contributed by atoms with Crippen LogP contribution in [0.25, 0.3) is 11.1 Å². The van der Waals surface area contributed by atoms with Crippen molar-refractivity contribution in [1.82, 2.24) is 0 Å². The quantitative estimate of drug-likeness (QED) is 0.906. The predicted octanol–water partition coefficient (Wildman–Crippen LogP) is 4.18.